The van der Waals surface area contributed by atoms with Crippen molar-refractivity contribution in [2.24, 2.45) is 0 Å². The molecule has 0 spiro atoms. The summed E-state index contributed by atoms with van der Waals surface area (Å²) in [7, 11) is 0. The van der Waals surface area contributed by atoms with Crippen LogP contribution in [0.1, 0.15) is 32.2 Å². The molecule has 0 unspecified atom stereocenters. The van der Waals surface area contributed by atoms with Crippen LogP contribution >= 0.6 is 0 Å². The van der Waals surface area contributed by atoms with Gasteiger partial charge in [-0.1, -0.05) is 0 Å². The van der Waals surface area contributed by atoms with E-state index in [0.29, 0.717) is 24.0 Å². The van der Waals surface area contributed by atoms with E-state index >= 15 is 0 Å². The van der Waals surface area contributed by atoms with Crippen LogP contribution in [0.5, 0.6) is 0 Å². The van der Waals surface area contributed by atoms with Crippen molar-refractivity contribution in [1.29, 1.82) is 0 Å². The third-order valence-corrected chi connectivity index (χ3v) is 5.48. The molecule has 4 rings (SSSR count). The summed E-state index contributed by atoms with van der Waals surface area (Å²) in [5.41, 5.74) is 1.85. The first-order chi connectivity index (χ1) is 14.0. The monoisotopic (exact) mass is 397 g/mol. The highest BCUT2D eigenvalue weighted by Crippen LogP contribution is 2.47. The molecule has 8 nitrogen and oxygen atoms in total. The first kappa shape index (κ1) is 19.6. The Morgan fingerprint density at radius 3 is 2.41 bits per heavy atom. The van der Waals surface area contributed by atoms with Crippen molar-refractivity contribution in [3.8, 4) is 0 Å². The van der Waals surface area contributed by atoms with Crippen LogP contribution in [-0.4, -0.2) is 53.8 Å². The molecule has 8 heteroatoms. The lowest BCUT2D eigenvalue weighted by molar-refractivity contribution is -0.121. The summed E-state index contributed by atoms with van der Waals surface area (Å²) in [6, 6.07) is 7.94. The number of ether oxygens (including phenoxy) is 1. The number of nitrogens with zero attached hydrogens (tertiary/aromatic N) is 4. The molecule has 0 aliphatic carbocycles. The fourth-order valence-electron chi connectivity index (χ4n) is 3.95. The second-order valence-corrected chi connectivity index (χ2v) is 7.76. The van der Waals surface area contributed by atoms with Gasteiger partial charge in [0.2, 0.25) is 5.91 Å². The van der Waals surface area contributed by atoms with Gasteiger partial charge in [0, 0.05) is 25.3 Å². The number of fused-ring (bicyclic) bond motifs is 1. The molecular formula is C21H27N5O3. The van der Waals surface area contributed by atoms with Crippen LogP contribution in [0.3, 0.4) is 0 Å². The summed E-state index contributed by atoms with van der Waals surface area (Å²) >= 11 is 0. The van der Waals surface area contributed by atoms with E-state index in [2.05, 4.69) is 20.2 Å². The zero-order valence-corrected chi connectivity index (χ0v) is 17.1. The fourth-order valence-corrected chi connectivity index (χ4v) is 3.95. The Balaban J connectivity index is 1.75. The normalized spacial score (nSPS) is 18.1. The van der Waals surface area contributed by atoms with Crippen LogP contribution in [-0.2, 0) is 21.6 Å². The Morgan fingerprint density at radius 1 is 1.14 bits per heavy atom. The minimum atomic E-state index is -0.774. The lowest BCUT2D eigenvalue weighted by Gasteiger charge is -2.29. The molecule has 0 saturated carbocycles. The topological polar surface area (TPSA) is 90.8 Å². The van der Waals surface area contributed by atoms with Gasteiger partial charge in [0.1, 0.15) is 18.2 Å². The molecule has 1 aromatic heterocycles. The van der Waals surface area contributed by atoms with Gasteiger partial charge in [-0.2, -0.15) is 0 Å². The third kappa shape index (κ3) is 3.32. The van der Waals surface area contributed by atoms with Crippen LogP contribution in [0.2, 0.25) is 0 Å². The number of carbonyl (C=O) groups is 1. The van der Waals surface area contributed by atoms with Crippen molar-refractivity contribution in [3.63, 3.8) is 0 Å². The van der Waals surface area contributed by atoms with E-state index in [0.717, 1.165) is 43.2 Å². The molecule has 2 aromatic rings. The summed E-state index contributed by atoms with van der Waals surface area (Å²) in [5, 5.41) is 12.8. The van der Waals surface area contributed by atoms with Gasteiger partial charge < -0.3 is 20.1 Å². The van der Waals surface area contributed by atoms with Crippen molar-refractivity contribution < 1.29 is 14.6 Å². The maximum absolute atomic E-state index is 13.4. The average Bonchev–Trinajstić information content (AvgIpc) is 2.94. The molecule has 1 fully saturated rings. The Labute approximate surface area is 170 Å². The van der Waals surface area contributed by atoms with Gasteiger partial charge in [0.05, 0.1) is 29.9 Å². The number of morpholine rings is 1. The SMILES string of the molecule is CCNc1nc(CO)nc2c1C(C)(C)C(=O)N2c1ccc(N2CCOCC2)cc1. The molecule has 0 radical (unpaired) electrons. The van der Waals surface area contributed by atoms with Crippen LogP contribution in [0.15, 0.2) is 24.3 Å². The van der Waals surface area contributed by atoms with E-state index in [-0.39, 0.29) is 12.5 Å². The highest BCUT2D eigenvalue weighted by molar-refractivity contribution is 6.12. The number of hydrogen-bond acceptors (Lipinski definition) is 7. The summed E-state index contributed by atoms with van der Waals surface area (Å²) in [4.78, 5) is 26.2. The summed E-state index contributed by atoms with van der Waals surface area (Å²) in [6.07, 6.45) is 0. The van der Waals surface area contributed by atoms with E-state index in [1.807, 2.05) is 45.0 Å². The fraction of sp³-hybridized carbons (Fsp3) is 0.476. The van der Waals surface area contributed by atoms with Crippen molar-refractivity contribution in [2.75, 3.05) is 48.0 Å². The molecule has 3 heterocycles. The molecular weight excluding hydrogens is 370 g/mol. The van der Waals surface area contributed by atoms with Crippen molar-refractivity contribution in [3.05, 3.63) is 35.7 Å². The highest BCUT2D eigenvalue weighted by Gasteiger charge is 2.48. The van der Waals surface area contributed by atoms with Crippen LogP contribution < -0.4 is 15.1 Å². The Bertz CT molecular complexity index is 907. The van der Waals surface area contributed by atoms with Crippen molar-refractivity contribution >= 4 is 28.9 Å². The Kier molecular flexibility index (Phi) is 5.14. The second kappa shape index (κ2) is 7.61. The maximum Gasteiger partial charge on any atom is 0.243 e. The number of hydrogen-bond donors (Lipinski definition) is 2. The number of aliphatic hydroxyl groups is 1. The van der Waals surface area contributed by atoms with E-state index in [1.165, 1.54) is 0 Å². The summed E-state index contributed by atoms with van der Waals surface area (Å²) < 4.78 is 5.42. The van der Waals surface area contributed by atoms with E-state index < -0.39 is 5.41 Å². The first-order valence-electron chi connectivity index (χ1n) is 10.0. The van der Waals surface area contributed by atoms with Gasteiger partial charge in [0.25, 0.3) is 0 Å². The Morgan fingerprint density at radius 2 is 1.79 bits per heavy atom. The van der Waals surface area contributed by atoms with Crippen molar-refractivity contribution in [2.45, 2.75) is 32.8 Å². The number of amides is 1. The number of nitrogens with one attached hydrogen (secondary N) is 1. The molecule has 1 aromatic carbocycles. The number of benzene rings is 1. The van der Waals surface area contributed by atoms with Gasteiger partial charge >= 0.3 is 0 Å². The molecule has 2 aliphatic heterocycles. The molecule has 2 aliphatic rings. The van der Waals surface area contributed by atoms with Crippen LogP contribution in [0.25, 0.3) is 0 Å². The van der Waals surface area contributed by atoms with E-state index in [1.54, 1.807) is 4.90 Å². The minimum Gasteiger partial charge on any atom is -0.388 e. The van der Waals surface area contributed by atoms with E-state index in [4.69, 9.17) is 4.74 Å². The quantitative estimate of drug-likeness (QED) is 0.799. The first-order valence-corrected chi connectivity index (χ1v) is 10.0. The smallest absolute Gasteiger partial charge is 0.243 e. The number of aliphatic hydroxyl groups excluding tert-OH is 1. The summed E-state index contributed by atoms with van der Waals surface area (Å²) in [5.74, 6) is 1.37. The minimum absolute atomic E-state index is 0.0600. The van der Waals surface area contributed by atoms with Crippen LogP contribution in [0.4, 0.5) is 23.0 Å². The van der Waals surface area contributed by atoms with Crippen LogP contribution in [0, 0.1) is 0 Å². The molecule has 1 amide bonds. The number of rotatable bonds is 5. The lowest BCUT2D eigenvalue weighted by Crippen LogP contribution is -2.36. The Hall–Kier alpha value is -2.71. The molecule has 2 N–H and O–H groups in total. The van der Waals surface area contributed by atoms with Gasteiger partial charge in [-0.25, -0.2) is 9.97 Å². The molecule has 0 atom stereocenters. The lowest BCUT2D eigenvalue weighted by atomic mass is 9.87. The zero-order chi connectivity index (χ0) is 20.6. The molecule has 1 saturated heterocycles. The molecule has 29 heavy (non-hydrogen) atoms. The van der Waals surface area contributed by atoms with Gasteiger partial charge in [0.15, 0.2) is 5.82 Å². The zero-order valence-electron chi connectivity index (χ0n) is 17.1. The van der Waals surface area contributed by atoms with Crippen molar-refractivity contribution in [1.82, 2.24) is 9.97 Å². The summed E-state index contributed by atoms with van der Waals surface area (Å²) in [6.45, 7) is 9.28. The van der Waals surface area contributed by atoms with Gasteiger partial charge in [-0.15, -0.1) is 0 Å². The van der Waals surface area contributed by atoms with E-state index in [9.17, 15) is 9.90 Å². The number of anilines is 4. The third-order valence-electron chi connectivity index (χ3n) is 5.48. The standard InChI is InChI=1S/C21H27N5O3/c1-4-22-18-17-19(24-16(13-27)23-18)26(20(28)21(17,2)3)15-7-5-14(6-8-15)25-9-11-29-12-10-25/h5-8,27H,4,9-13H2,1-3H3,(H,22,23,24). The maximum atomic E-state index is 13.4. The predicted octanol–water partition coefficient (Wildman–Crippen LogP) is 2.19. The average molecular weight is 397 g/mol. The highest BCUT2D eigenvalue weighted by atomic mass is 16.5. The van der Waals surface area contributed by atoms with Gasteiger partial charge in [-0.05, 0) is 45.0 Å². The van der Waals surface area contributed by atoms with Gasteiger partial charge in [-0.3, -0.25) is 9.69 Å². The predicted molar refractivity (Wildman–Crippen MR) is 112 cm³/mol. The molecule has 0 bridgehead atoms. The number of carbonyl (C=O) groups excluding carboxylic acids is 1. The molecule has 154 valence electrons. The second-order valence-electron chi connectivity index (χ2n) is 7.76. The largest absolute Gasteiger partial charge is 0.388 e. The number of aromatic nitrogens is 2.